The van der Waals surface area contributed by atoms with Crippen LogP contribution in [0.3, 0.4) is 0 Å². The number of nitrogens with zero attached hydrogens (tertiary/aromatic N) is 4. The van der Waals surface area contributed by atoms with Gasteiger partial charge in [0.25, 0.3) is 0 Å². The van der Waals surface area contributed by atoms with Crippen molar-refractivity contribution >= 4 is 134 Å². The molecule has 6 nitrogen and oxygen atoms in total. The van der Waals surface area contributed by atoms with E-state index in [9.17, 15) is 0 Å². The van der Waals surface area contributed by atoms with Crippen molar-refractivity contribution in [3.8, 4) is 106 Å². The van der Waals surface area contributed by atoms with E-state index in [2.05, 4.69) is 528 Å². The number of benzene rings is 20. The van der Waals surface area contributed by atoms with E-state index in [1.807, 2.05) is 17.4 Å². The lowest BCUT2D eigenvalue weighted by Crippen LogP contribution is -2.41. The molecular formula is C129H94Br2N4O2S. The van der Waals surface area contributed by atoms with E-state index < -0.39 is 11.2 Å². The first-order valence-corrected chi connectivity index (χ1v) is 49.7. The molecular weight excluding hydrogens is 1830 g/mol. The average Bonchev–Trinajstić information content (AvgIpc) is 1.59. The topological polar surface area (TPSA) is 36.5 Å². The van der Waals surface area contributed by atoms with Crippen LogP contribution in [0.1, 0.15) is 61.1 Å². The van der Waals surface area contributed by atoms with Crippen LogP contribution in [-0.4, -0.2) is 24.9 Å². The third kappa shape index (κ3) is 15.9. The van der Waals surface area contributed by atoms with Gasteiger partial charge in [0.05, 0.1) is 38.8 Å². The Balaban J connectivity index is 0.0000000987. The molecule has 9 heteroatoms. The maximum absolute atomic E-state index is 6.19. The molecule has 0 spiro atoms. The normalized spacial score (nSPS) is 13.2. The molecule has 24 aromatic rings. The fraction of sp³-hybridized carbons (Fsp3) is 0.0698. The summed E-state index contributed by atoms with van der Waals surface area (Å²) in [6.07, 6.45) is 3.09. The Morgan fingerprint density at radius 1 is 0.203 bits per heavy atom. The molecule has 662 valence electrons. The van der Waals surface area contributed by atoms with Crippen molar-refractivity contribution in [2.45, 2.75) is 58.2 Å². The van der Waals surface area contributed by atoms with Gasteiger partial charge >= 0.3 is 0 Å². The summed E-state index contributed by atoms with van der Waals surface area (Å²) in [5.41, 5.74) is 39.9. The van der Waals surface area contributed by atoms with Gasteiger partial charge in [0.15, 0.2) is 0 Å². The van der Waals surface area contributed by atoms with Crippen molar-refractivity contribution in [2.75, 3.05) is 5.23 Å². The van der Waals surface area contributed by atoms with Crippen molar-refractivity contribution < 1.29 is 9.68 Å². The van der Waals surface area contributed by atoms with Crippen molar-refractivity contribution in [1.29, 1.82) is 0 Å². The molecule has 0 amide bonds. The molecule has 138 heavy (non-hydrogen) atoms. The molecule has 20 aromatic carbocycles. The largest absolute Gasteiger partial charge is 0.309 e. The summed E-state index contributed by atoms with van der Waals surface area (Å²) in [6.45, 7) is 8.21. The van der Waals surface area contributed by atoms with Gasteiger partial charge in [0.1, 0.15) is 11.2 Å². The predicted octanol–water partition coefficient (Wildman–Crippen LogP) is 35.9. The lowest BCUT2D eigenvalue weighted by molar-refractivity contribution is -0.0272. The Morgan fingerprint density at radius 2 is 0.486 bits per heavy atom. The van der Waals surface area contributed by atoms with Crippen LogP contribution in [0.25, 0.3) is 192 Å². The standard InChI is InChI=1S/2C37H25N.C30H28N2O2.C13H9Br.C12H7BrS/c2*1-2-8-25(9-3-1)26-14-18-31(19-15-26)38-36-13-7-6-12-34(36)35-21-17-28(24-37(35)38)27-16-20-33-30(22-27)23-29-10-4-5-11-32(29)33;1-29(2)30(3,4)34-32(33-29)24-18-19-26-25-12-8-9-13-27(25)31(28(26)20-24)23-16-14-22(15-17-23)21-10-6-5-7-11-21;14-11-5-6-13-10(8-11)7-9-3-1-2-4-12(9)13;13-8-5-6-12-10(7-8)9-3-1-2-4-11(9)14-12/h2*1-22,24H,23H2;5-20H,1-4H3;1-6,8H,7H2;1-7H. The molecule has 28 rings (SSSR count). The van der Waals surface area contributed by atoms with Crippen LogP contribution in [-0.2, 0) is 28.9 Å². The summed E-state index contributed by atoms with van der Waals surface area (Å²) in [7, 11) is 0. The van der Waals surface area contributed by atoms with Crippen molar-refractivity contribution in [2.24, 2.45) is 0 Å². The molecule has 0 unspecified atom stereocenters. The van der Waals surface area contributed by atoms with Crippen LogP contribution < -0.4 is 5.23 Å². The minimum Gasteiger partial charge on any atom is -0.309 e. The van der Waals surface area contributed by atoms with E-state index in [1.165, 1.54) is 218 Å². The fourth-order valence-electron chi connectivity index (χ4n) is 20.7. The van der Waals surface area contributed by atoms with Gasteiger partial charge in [-0.15, -0.1) is 16.6 Å². The lowest BCUT2D eigenvalue weighted by atomic mass is 9.90. The van der Waals surface area contributed by atoms with Gasteiger partial charge in [0, 0.05) is 78.5 Å². The van der Waals surface area contributed by atoms with E-state index in [4.69, 9.17) is 9.68 Å². The number of hydrogen-bond acceptors (Lipinski definition) is 4. The quantitative estimate of drug-likeness (QED) is 0.145. The number of thiophene rings is 1. The maximum atomic E-state index is 6.19. The Bertz CT molecular complexity index is 8500. The SMILES string of the molecule is Brc1ccc2c(c1)Cc1ccccc1-2.Brc1ccc2sc3ccccc3c2c1.CC1(C)ON(c2ccc3c4ccccc4n(-c4ccc(-c5ccccc5)cc4)c3c2)OC1(C)C.c1ccc(-c2ccc(-n3c4ccccc4c4ccc(-c5ccc6c(c5)Cc5ccccc5-6)cc43)cc2)cc1.c1ccc(-c2ccc(-n3c4ccccc4c4ccc(-c5ccc6c(c5)Cc5ccccc5-6)cc43)cc2)cc1. The van der Waals surface area contributed by atoms with Crippen molar-refractivity contribution in [1.82, 2.24) is 13.7 Å². The van der Waals surface area contributed by atoms with Gasteiger partial charge in [0.2, 0.25) is 0 Å². The predicted molar refractivity (Wildman–Crippen MR) is 588 cm³/mol. The Labute approximate surface area is 824 Å². The molecule has 0 radical (unpaired) electrons. The Kier molecular flexibility index (Phi) is 22.2. The highest BCUT2D eigenvalue weighted by Crippen LogP contribution is 2.48. The van der Waals surface area contributed by atoms with Gasteiger partial charge in [-0.25, -0.2) is 9.68 Å². The fourth-order valence-corrected chi connectivity index (χ4v) is 22.6. The minimum absolute atomic E-state index is 0.443. The van der Waals surface area contributed by atoms with Gasteiger partial charge in [-0.1, -0.05) is 372 Å². The number of fused-ring (bicyclic) bond motifs is 21. The van der Waals surface area contributed by atoms with Crippen LogP contribution in [0.5, 0.6) is 0 Å². The third-order valence-corrected chi connectivity index (χ3v) is 30.5. The lowest BCUT2D eigenvalue weighted by Gasteiger charge is -2.26. The molecule has 0 bridgehead atoms. The van der Waals surface area contributed by atoms with Crippen molar-refractivity contribution in [3.63, 3.8) is 0 Å². The van der Waals surface area contributed by atoms with Crippen LogP contribution in [0, 0.1) is 0 Å². The van der Waals surface area contributed by atoms with E-state index in [0.717, 1.165) is 40.6 Å². The molecule has 1 fully saturated rings. The number of halogens is 2. The molecule has 5 heterocycles. The number of para-hydroxylation sites is 3. The third-order valence-electron chi connectivity index (χ3n) is 28.3. The zero-order chi connectivity index (χ0) is 92.7. The Hall–Kier alpha value is -15.3. The molecule has 3 aliphatic carbocycles. The molecule has 4 aromatic heterocycles. The van der Waals surface area contributed by atoms with E-state index >= 15 is 0 Å². The highest BCUT2D eigenvalue weighted by molar-refractivity contribution is 9.10. The first-order chi connectivity index (χ1) is 67.7. The number of rotatable bonds is 9. The van der Waals surface area contributed by atoms with E-state index in [-0.39, 0.29) is 0 Å². The summed E-state index contributed by atoms with van der Waals surface area (Å²) in [5, 5.41) is 11.8. The summed E-state index contributed by atoms with van der Waals surface area (Å²) < 4.78 is 12.2. The second kappa shape index (κ2) is 35.7. The van der Waals surface area contributed by atoms with Crippen LogP contribution in [0.4, 0.5) is 5.69 Å². The summed E-state index contributed by atoms with van der Waals surface area (Å²) in [5.74, 6) is 0. The average molecular weight is 1920 g/mol. The summed E-state index contributed by atoms with van der Waals surface area (Å²) in [6, 6.07) is 166. The zero-order valence-corrected chi connectivity index (χ0v) is 80.8. The second-order valence-corrected chi connectivity index (χ2v) is 40.1. The van der Waals surface area contributed by atoms with Crippen LogP contribution in [0.15, 0.2) is 470 Å². The summed E-state index contributed by atoms with van der Waals surface area (Å²) in [4.78, 5) is 12.4. The number of hydrogen-bond donors (Lipinski definition) is 0. The first kappa shape index (κ1) is 85.6. The van der Waals surface area contributed by atoms with Crippen LogP contribution in [0.2, 0.25) is 0 Å². The molecule has 1 saturated heterocycles. The van der Waals surface area contributed by atoms with E-state index in [0.29, 0.717) is 0 Å². The number of anilines is 1. The molecule has 1 aliphatic heterocycles. The van der Waals surface area contributed by atoms with Gasteiger partial charge < -0.3 is 13.7 Å². The first-order valence-electron chi connectivity index (χ1n) is 47.3. The smallest absolute Gasteiger partial charge is 0.124 e. The van der Waals surface area contributed by atoms with Crippen LogP contribution >= 0.6 is 43.2 Å². The minimum atomic E-state index is -0.443. The van der Waals surface area contributed by atoms with Crippen molar-refractivity contribution in [3.05, 3.63) is 503 Å². The second-order valence-electron chi connectivity index (χ2n) is 37.2. The Morgan fingerprint density at radius 3 is 0.913 bits per heavy atom. The molecule has 0 N–H and O–H groups in total. The maximum Gasteiger partial charge on any atom is 0.124 e. The molecule has 0 atom stereocenters. The number of aromatic nitrogens is 3. The highest BCUT2D eigenvalue weighted by atomic mass is 79.9. The molecule has 0 saturated carbocycles. The zero-order valence-electron chi connectivity index (χ0n) is 76.8. The highest BCUT2D eigenvalue weighted by Gasteiger charge is 2.50. The molecule has 4 aliphatic rings. The monoisotopic (exact) mass is 1920 g/mol. The summed E-state index contributed by atoms with van der Waals surface area (Å²) >= 11 is 8.87. The van der Waals surface area contributed by atoms with E-state index in [1.54, 1.807) is 5.23 Å². The van der Waals surface area contributed by atoms with Gasteiger partial charge in [-0.2, -0.15) is 0 Å². The van der Waals surface area contributed by atoms with Gasteiger partial charge in [-0.05, 0) is 291 Å². The van der Waals surface area contributed by atoms with Gasteiger partial charge in [-0.3, -0.25) is 0 Å².